The Morgan fingerprint density at radius 1 is 0.742 bits per heavy atom. The molecule has 0 radical (unpaired) electrons. The van der Waals surface area contributed by atoms with E-state index in [1.54, 1.807) is 50.4 Å². The maximum atomic E-state index is 14.1. The van der Waals surface area contributed by atoms with Crippen molar-refractivity contribution in [1.82, 2.24) is 36.8 Å². The van der Waals surface area contributed by atoms with E-state index in [-0.39, 0.29) is 32.2 Å². The number of carbonyl (C=O) groups excluding carboxylic acids is 8. The number of aliphatic carboxylic acids is 2. The van der Waals surface area contributed by atoms with Crippen molar-refractivity contribution in [3.63, 3.8) is 0 Å². The Bertz CT molecular complexity index is 1860. The predicted molar refractivity (Wildman–Crippen MR) is 241 cm³/mol. The van der Waals surface area contributed by atoms with E-state index in [9.17, 15) is 58.2 Å². The van der Waals surface area contributed by atoms with Gasteiger partial charge in [-0.1, -0.05) is 44.2 Å². The molecule has 1 heterocycles. The quantitative estimate of drug-likeness (QED) is 0.0352. The van der Waals surface area contributed by atoms with Crippen LogP contribution in [0.3, 0.4) is 0 Å². The fraction of sp³-hybridized carbons (Fsp3) is 0.619. The minimum atomic E-state index is -1.72. The molecule has 66 heavy (non-hydrogen) atoms. The molecule has 2 rings (SSSR count). The molecule has 1 aromatic rings. The van der Waals surface area contributed by atoms with Gasteiger partial charge in [-0.25, -0.2) is 4.79 Å². The summed E-state index contributed by atoms with van der Waals surface area (Å²) in [6.45, 7) is 4.83. The first-order valence-corrected chi connectivity index (χ1v) is 23.0. The number of likely N-dealkylation sites (tertiary alicyclic amines) is 1. The van der Waals surface area contributed by atoms with Crippen LogP contribution in [0.25, 0.3) is 0 Å². The van der Waals surface area contributed by atoms with Gasteiger partial charge in [-0.2, -0.15) is 11.8 Å². The normalized spacial score (nSPS) is 17.1. The van der Waals surface area contributed by atoms with Crippen molar-refractivity contribution in [2.45, 2.75) is 133 Å². The summed E-state index contributed by atoms with van der Waals surface area (Å²) in [5.74, 6) is -10.0. The maximum Gasteiger partial charge on any atom is 0.326 e. The minimum absolute atomic E-state index is 0.00595. The van der Waals surface area contributed by atoms with E-state index in [1.165, 1.54) is 18.7 Å². The van der Waals surface area contributed by atoms with Crippen molar-refractivity contribution in [2.24, 2.45) is 23.1 Å². The molecule has 0 aromatic heterocycles. The van der Waals surface area contributed by atoms with Crippen LogP contribution in [0.5, 0.6) is 0 Å². The van der Waals surface area contributed by atoms with E-state index < -0.39 is 132 Å². The number of unbranched alkanes of at least 4 members (excludes halogenated alkanes) is 1. The fourth-order valence-electron chi connectivity index (χ4n) is 7.00. The van der Waals surface area contributed by atoms with Crippen LogP contribution in [0.1, 0.15) is 77.7 Å². The van der Waals surface area contributed by atoms with Crippen molar-refractivity contribution in [2.75, 3.05) is 25.1 Å². The number of carboxylic acids is 2. The van der Waals surface area contributed by atoms with Crippen molar-refractivity contribution in [1.29, 1.82) is 0 Å². The summed E-state index contributed by atoms with van der Waals surface area (Å²) in [6.07, 6.45) is 0.169. The molecule has 0 unspecified atom stereocenters. The first-order chi connectivity index (χ1) is 31.1. The summed E-state index contributed by atoms with van der Waals surface area (Å²) >= 11 is 1.37. The molecule has 1 fully saturated rings. The lowest BCUT2D eigenvalue weighted by Gasteiger charge is -2.32. The second kappa shape index (κ2) is 28.2. The van der Waals surface area contributed by atoms with Crippen LogP contribution in [-0.2, 0) is 54.4 Å². The molecule has 0 spiro atoms. The number of nitrogens with one attached hydrogen (secondary N) is 6. The molecule has 23 nitrogen and oxygen atoms in total. The molecular formula is C42H66N10O13S. The van der Waals surface area contributed by atoms with Gasteiger partial charge < -0.3 is 69.3 Å². The van der Waals surface area contributed by atoms with E-state index in [4.69, 9.17) is 22.3 Å². The number of nitrogens with two attached hydrogens (primary N) is 3. The SMILES string of the molecule is CSCC[C@H](NC(=O)[C@@H]1CCCN1C(=O)[C@@H](NC(=O)[C@H](CC(N)=O)NC(=O)[C@@H](N)CC(=O)O)[C@@H](C)O)C(=O)N[C@@H](Cc1ccccc1)C(=O)N[C@H](C(=O)N[C@@H](CCCCN)C(=O)O)C(C)C. The van der Waals surface area contributed by atoms with Crippen LogP contribution in [0.4, 0.5) is 0 Å². The molecule has 9 atom stereocenters. The van der Waals surface area contributed by atoms with Gasteiger partial charge in [0.05, 0.1) is 25.0 Å². The molecule has 0 bridgehead atoms. The number of aliphatic hydroxyl groups is 1. The number of rotatable bonds is 29. The van der Waals surface area contributed by atoms with Crippen molar-refractivity contribution in [3.05, 3.63) is 35.9 Å². The number of benzene rings is 1. The highest BCUT2D eigenvalue weighted by Gasteiger charge is 2.42. The number of hydrogen-bond donors (Lipinski definition) is 12. The van der Waals surface area contributed by atoms with Crippen molar-refractivity contribution < 1.29 is 63.3 Å². The molecule has 368 valence electrons. The summed E-state index contributed by atoms with van der Waals surface area (Å²) in [6, 6.07) is -2.55. The maximum absolute atomic E-state index is 14.1. The molecule has 15 N–H and O–H groups in total. The van der Waals surface area contributed by atoms with Crippen LogP contribution in [0.15, 0.2) is 30.3 Å². The Kier molecular flexibility index (Phi) is 24.1. The Morgan fingerprint density at radius 2 is 1.33 bits per heavy atom. The number of amides is 8. The first kappa shape index (κ1) is 56.3. The van der Waals surface area contributed by atoms with Crippen molar-refractivity contribution >= 4 is 71.0 Å². The van der Waals surface area contributed by atoms with Gasteiger partial charge in [0.1, 0.15) is 42.3 Å². The average Bonchev–Trinajstić information content (AvgIpc) is 3.75. The van der Waals surface area contributed by atoms with E-state index >= 15 is 0 Å². The van der Waals surface area contributed by atoms with E-state index in [0.717, 1.165) is 4.90 Å². The molecule has 1 aliphatic rings. The fourth-order valence-corrected chi connectivity index (χ4v) is 7.47. The third-order valence-electron chi connectivity index (χ3n) is 10.6. The zero-order valence-electron chi connectivity index (χ0n) is 37.7. The monoisotopic (exact) mass is 950 g/mol. The molecule has 24 heteroatoms. The number of primary amides is 1. The van der Waals surface area contributed by atoms with E-state index in [2.05, 4.69) is 31.9 Å². The lowest BCUT2D eigenvalue weighted by atomic mass is 10.00. The van der Waals surface area contributed by atoms with Gasteiger partial charge in [-0.05, 0) is 75.5 Å². The predicted octanol–water partition coefficient (Wildman–Crippen LogP) is -3.19. The first-order valence-electron chi connectivity index (χ1n) is 21.6. The van der Waals surface area contributed by atoms with Gasteiger partial charge in [-0.3, -0.25) is 43.2 Å². The lowest BCUT2D eigenvalue weighted by molar-refractivity contribution is -0.145. The minimum Gasteiger partial charge on any atom is -0.481 e. The second-order valence-electron chi connectivity index (χ2n) is 16.4. The van der Waals surface area contributed by atoms with Crippen molar-refractivity contribution in [3.8, 4) is 0 Å². The van der Waals surface area contributed by atoms with Gasteiger partial charge >= 0.3 is 11.9 Å². The summed E-state index contributed by atoms with van der Waals surface area (Å²) in [5, 5.41) is 44.4. The number of hydrogen-bond acceptors (Lipinski definition) is 14. The topological polar surface area (TPSA) is 385 Å². The van der Waals surface area contributed by atoms with Crippen LogP contribution in [0.2, 0.25) is 0 Å². The highest BCUT2D eigenvalue weighted by molar-refractivity contribution is 7.98. The van der Waals surface area contributed by atoms with Gasteiger partial charge in [0, 0.05) is 13.0 Å². The molecule has 8 amide bonds. The van der Waals surface area contributed by atoms with Gasteiger partial charge in [0.25, 0.3) is 0 Å². The number of carboxylic acid groups (broad SMARTS) is 2. The average molecular weight is 951 g/mol. The molecule has 1 saturated heterocycles. The molecule has 1 aromatic carbocycles. The van der Waals surface area contributed by atoms with Gasteiger partial charge in [-0.15, -0.1) is 0 Å². The van der Waals surface area contributed by atoms with Gasteiger partial charge in [0.2, 0.25) is 47.3 Å². The van der Waals surface area contributed by atoms with Crippen LogP contribution in [0, 0.1) is 5.92 Å². The largest absolute Gasteiger partial charge is 0.481 e. The molecular weight excluding hydrogens is 885 g/mol. The number of thioether (sulfide) groups is 1. The highest BCUT2D eigenvalue weighted by atomic mass is 32.2. The summed E-state index contributed by atoms with van der Waals surface area (Å²) in [7, 11) is 0. The van der Waals surface area contributed by atoms with Crippen LogP contribution < -0.4 is 49.1 Å². The standard InChI is InChI=1S/C42H66N10O13S/c1-22(2)33(40(62)47-27(42(64)65)13-8-9-16-43)50-37(59)28(19-24-11-6-5-7-12-24)49-36(58)26(15-18-66-4)46-39(61)30-14-10-17-52(30)41(63)34(23(3)53)51-38(60)29(21-31(45)54)48-35(57)25(44)20-32(55)56/h5-7,11-12,22-23,25-30,33-34,53H,8-10,13-21,43-44H2,1-4H3,(H2,45,54)(H,46,61)(H,47,62)(H,48,57)(H,49,58)(H,50,59)(H,51,60)(H,55,56)(H,64,65)/t23-,25+,26+,27+,28+,29+,30+,33+,34+/m1/s1. The Morgan fingerprint density at radius 3 is 1.89 bits per heavy atom. The summed E-state index contributed by atoms with van der Waals surface area (Å²) in [5.41, 5.74) is 17.0. The number of aliphatic hydroxyl groups excluding tert-OH is 1. The Balaban J connectivity index is 2.34. The third kappa shape index (κ3) is 18.6. The smallest absolute Gasteiger partial charge is 0.326 e. The molecule has 0 aliphatic carbocycles. The van der Waals surface area contributed by atoms with E-state index in [1.807, 2.05) is 0 Å². The summed E-state index contributed by atoms with van der Waals surface area (Å²) in [4.78, 5) is 131. The Hall–Kier alpha value is -5.85. The summed E-state index contributed by atoms with van der Waals surface area (Å²) < 4.78 is 0. The van der Waals surface area contributed by atoms with Gasteiger partial charge in [0.15, 0.2) is 0 Å². The third-order valence-corrected chi connectivity index (χ3v) is 11.3. The lowest BCUT2D eigenvalue weighted by Crippen LogP contribution is -2.62. The van der Waals surface area contributed by atoms with Crippen LogP contribution >= 0.6 is 11.8 Å². The number of nitrogens with zero attached hydrogens (tertiary/aromatic N) is 1. The zero-order chi connectivity index (χ0) is 49.7. The Labute approximate surface area is 387 Å². The zero-order valence-corrected chi connectivity index (χ0v) is 38.5. The second-order valence-corrected chi connectivity index (χ2v) is 17.3. The van der Waals surface area contributed by atoms with E-state index in [0.29, 0.717) is 37.1 Å². The number of carbonyl (C=O) groups is 10. The molecule has 1 aliphatic heterocycles. The highest BCUT2D eigenvalue weighted by Crippen LogP contribution is 2.20. The van der Waals surface area contributed by atoms with Crippen LogP contribution in [-0.4, -0.2) is 159 Å². The molecule has 0 saturated carbocycles.